The van der Waals surface area contributed by atoms with Gasteiger partial charge in [-0.05, 0) is 37.6 Å². The van der Waals surface area contributed by atoms with E-state index < -0.39 is 47.9 Å². The maximum atomic E-state index is 13.2. The highest BCUT2D eigenvalue weighted by atomic mass is 16.4. The molecule has 3 amide bonds. The molecule has 0 aliphatic carbocycles. The molecule has 9 N–H and O–H groups in total. The Labute approximate surface area is 212 Å². The number of imidazole rings is 1. The van der Waals surface area contributed by atoms with Crippen LogP contribution in [0.15, 0.2) is 12.5 Å². The summed E-state index contributed by atoms with van der Waals surface area (Å²) in [5.41, 5.74) is 12.1. The van der Waals surface area contributed by atoms with Crippen molar-refractivity contribution in [3.63, 3.8) is 0 Å². The summed E-state index contributed by atoms with van der Waals surface area (Å²) in [7, 11) is 0. The van der Waals surface area contributed by atoms with Crippen molar-refractivity contribution in [1.82, 2.24) is 25.9 Å². The van der Waals surface area contributed by atoms with Gasteiger partial charge in [0.2, 0.25) is 17.7 Å². The normalized spacial score (nSPS) is 15.4. The predicted molar refractivity (Wildman–Crippen MR) is 136 cm³/mol. The molecule has 0 unspecified atom stereocenters. The Morgan fingerprint density at radius 1 is 1.03 bits per heavy atom. The molecule has 12 heteroatoms. The highest BCUT2D eigenvalue weighted by Gasteiger charge is 2.32. The molecule has 0 spiro atoms. The van der Waals surface area contributed by atoms with E-state index in [-0.39, 0.29) is 18.3 Å². The maximum Gasteiger partial charge on any atom is 0.326 e. The summed E-state index contributed by atoms with van der Waals surface area (Å²) < 4.78 is 0. The minimum absolute atomic E-state index is 0.0609. The average Bonchev–Trinajstić information content (AvgIpc) is 3.33. The maximum absolute atomic E-state index is 13.2. The zero-order valence-electron chi connectivity index (χ0n) is 21.8. The van der Waals surface area contributed by atoms with E-state index in [4.69, 9.17) is 11.5 Å². The lowest BCUT2D eigenvalue weighted by atomic mass is 9.98. The van der Waals surface area contributed by atoms with Gasteiger partial charge >= 0.3 is 5.97 Å². The number of carboxylic acid groups (broad SMARTS) is 1. The van der Waals surface area contributed by atoms with E-state index in [0.29, 0.717) is 37.9 Å². The van der Waals surface area contributed by atoms with Crippen molar-refractivity contribution < 1.29 is 24.3 Å². The molecule has 0 aromatic carbocycles. The van der Waals surface area contributed by atoms with Crippen LogP contribution >= 0.6 is 0 Å². The van der Waals surface area contributed by atoms with Gasteiger partial charge in [-0.2, -0.15) is 0 Å². The summed E-state index contributed by atoms with van der Waals surface area (Å²) in [6.07, 6.45) is 5.78. The van der Waals surface area contributed by atoms with Crippen molar-refractivity contribution in [2.45, 2.75) is 90.4 Å². The van der Waals surface area contributed by atoms with Crippen molar-refractivity contribution in [3.05, 3.63) is 18.2 Å². The molecule has 204 valence electrons. The topological polar surface area (TPSA) is 205 Å². The zero-order valence-corrected chi connectivity index (χ0v) is 21.8. The number of hydrogen-bond acceptors (Lipinski definition) is 7. The molecule has 0 radical (unpaired) electrons. The first-order valence-electron chi connectivity index (χ1n) is 12.6. The summed E-state index contributed by atoms with van der Waals surface area (Å²) in [5, 5.41) is 17.5. The Balaban J connectivity index is 3.03. The van der Waals surface area contributed by atoms with Crippen LogP contribution in [-0.2, 0) is 25.6 Å². The van der Waals surface area contributed by atoms with Crippen LogP contribution in [0.5, 0.6) is 0 Å². The highest BCUT2D eigenvalue weighted by molar-refractivity contribution is 5.94. The number of rotatable bonds is 17. The van der Waals surface area contributed by atoms with Crippen molar-refractivity contribution in [1.29, 1.82) is 0 Å². The molecule has 1 heterocycles. The van der Waals surface area contributed by atoms with Crippen molar-refractivity contribution in [2.24, 2.45) is 23.3 Å². The SMILES string of the molecule is CC[C@H](C)[C@H](NC(=O)[C@H](Cc1cnc[nH]1)NC(=O)[C@H](CC(C)C)NC(=O)[C@@H](N)CCCCN)C(=O)O. The summed E-state index contributed by atoms with van der Waals surface area (Å²) in [4.78, 5) is 57.5. The Morgan fingerprint density at radius 2 is 1.67 bits per heavy atom. The molecule has 0 aliphatic rings. The van der Waals surface area contributed by atoms with E-state index in [0.717, 1.165) is 6.42 Å². The number of H-pyrrole nitrogens is 1. The number of carbonyl (C=O) groups is 4. The molecule has 1 rings (SSSR count). The van der Waals surface area contributed by atoms with Crippen LogP contribution < -0.4 is 27.4 Å². The first-order chi connectivity index (χ1) is 17.0. The first kappa shape index (κ1) is 31.0. The quantitative estimate of drug-likeness (QED) is 0.142. The lowest BCUT2D eigenvalue weighted by Crippen LogP contribution is -2.58. The molecule has 1 aromatic heterocycles. The third-order valence-electron chi connectivity index (χ3n) is 6.03. The van der Waals surface area contributed by atoms with Gasteiger partial charge in [0.25, 0.3) is 0 Å². The molecular formula is C24H43N7O5. The van der Waals surface area contributed by atoms with Gasteiger partial charge in [0.1, 0.15) is 18.1 Å². The molecule has 1 aromatic rings. The minimum Gasteiger partial charge on any atom is -0.480 e. The van der Waals surface area contributed by atoms with Crippen LogP contribution in [0, 0.1) is 11.8 Å². The van der Waals surface area contributed by atoms with Gasteiger partial charge in [0.05, 0.1) is 12.4 Å². The highest BCUT2D eigenvalue weighted by Crippen LogP contribution is 2.11. The summed E-state index contributed by atoms with van der Waals surface area (Å²) >= 11 is 0. The third kappa shape index (κ3) is 10.7. The van der Waals surface area contributed by atoms with E-state index in [1.807, 2.05) is 20.8 Å². The van der Waals surface area contributed by atoms with Gasteiger partial charge in [0, 0.05) is 18.3 Å². The van der Waals surface area contributed by atoms with Gasteiger partial charge in [-0.1, -0.05) is 40.5 Å². The van der Waals surface area contributed by atoms with Crippen LogP contribution in [0.25, 0.3) is 0 Å². The van der Waals surface area contributed by atoms with E-state index in [1.165, 1.54) is 12.5 Å². The number of aromatic amines is 1. The van der Waals surface area contributed by atoms with Crippen LogP contribution in [-0.4, -0.2) is 69.5 Å². The molecule has 36 heavy (non-hydrogen) atoms. The summed E-state index contributed by atoms with van der Waals surface area (Å²) in [6, 6.07) is -3.90. The number of nitrogens with one attached hydrogen (secondary N) is 4. The van der Waals surface area contributed by atoms with Crippen molar-refractivity contribution >= 4 is 23.7 Å². The van der Waals surface area contributed by atoms with Crippen LogP contribution in [0.1, 0.15) is 65.5 Å². The van der Waals surface area contributed by atoms with E-state index in [9.17, 15) is 24.3 Å². The van der Waals surface area contributed by atoms with E-state index in [2.05, 4.69) is 25.9 Å². The number of nitrogens with two attached hydrogens (primary N) is 2. The molecule has 0 aliphatic heterocycles. The second kappa shape index (κ2) is 15.9. The number of carboxylic acids is 1. The Morgan fingerprint density at radius 3 is 2.19 bits per heavy atom. The zero-order chi connectivity index (χ0) is 27.3. The molecule has 0 bridgehead atoms. The third-order valence-corrected chi connectivity index (χ3v) is 6.03. The number of aromatic nitrogens is 2. The van der Waals surface area contributed by atoms with Gasteiger partial charge in [0.15, 0.2) is 0 Å². The average molecular weight is 510 g/mol. The minimum atomic E-state index is -1.15. The number of amides is 3. The summed E-state index contributed by atoms with van der Waals surface area (Å²) in [6.45, 7) is 7.88. The molecule has 0 saturated carbocycles. The van der Waals surface area contributed by atoms with Gasteiger partial charge < -0.3 is 37.5 Å². The fourth-order valence-corrected chi connectivity index (χ4v) is 3.66. The van der Waals surface area contributed by atoms with Crippen molar-refractivity contribution in [2.75, 3.05) is 6.54 Å². The van der Waals surface area contributed by atoms with Gasteiger partial charge in [-0.25, -0.2) is 9.78 Å². The summed E-state index contributed by atoms with van der Waals surface area (Å²) in [5.74, 6) is -3.05. The monoisotopic (exact) mass is 509 g/mol. The largest absolute Gasteiger partial charge is 0.480 e. The van der Waals surface area contributed by atoms with E-state index in [1.54, 1.807) is 6.92 Å². The van der Waals surface area contributed by atoms with Gasteiger partial charge in [-0.15, -0.1) is 0 Å². The molecular weight excluding hydrogens is 466 g/mol. The molecule has 0 fully saturated rings. The second-order valence-electron chi connectivity index (χ2n) is 9.63. The lowest BCUT2D eigenvalue weighted by molar-refractivity contribution is -0.143. The van der Waals surface area contributed by atoms with Crippen LogP contribution in [0.4, 0.5) is 0 Å². The van der Waals surface area contributed by atoms with E-state index >= 15 is 0 Å². The fraction of sp³-hybridized carbons (Fsp3) is 0.708. The molecule has 0 saturated heterocycles. The Bertz CT molecular complexity index is 831. The number of hydrogen-bond donors (Lipinski definition) is 7. The Hall–Kier alpha value is -2.99. The molecule has 5 atom stereocenters. The second-order valence-corrected chi connectivity index (χ2v) is 9.63. The van der Waals surface area contributed by atoms with Crippen LogP contribution in [0.3, 0.4) is 0 Å². The van der Waals surface area contributed by atoms with Gasteiger partial charge in [-0.3, -0.25) is 14.4 Å². The Kier molecular flexibility index (Phi) is 13.7. The number of aliphatic carboxylic acids is 1. The predicted octanol–water partition coefficient (Wildman–Crippen LogP) is 0.0397. The lowest BCUT2D eigenvalue weighted by Gasteiger charge is -2.27. The number of nitrogens with zero attached hydrogens (tertiary/aromatic N) is 1. The first-order valence-corrected chi connectivity index (χ1v) is 12.6. The number of carbonyl (C=O) groups excluding carboxylic acids is 3. The van der Waals surface area contributed by atoms with Crippen LogP contribution in [0.2, 0.25) is 0 Å². The van der Waals surface area contributed by atoms with Crippen molar-refractivity contribution in [3.8, 4) is 0 Å². The smallest absolute Gasteiger partial charge is 0.326 e. The molecule has 12 nitrogen and oxygen atoms in total. The number of unbranched alkanes of at least 4 members (excludes halogenated alkanes) is 1. The fourth-order valence-electron chi connectivity index (χ4n) is 3.66. The standard InChI is InChI=1S/C24H43N7O5/c1-5-15(4)20(24(35)36)31-23(34)19(11-16-12-27-13-28-16)30-22(33)18(10-14(2)3)29-21(32)17(26)8-6-7-9-25/h12-15,17-20H,5-11,25-26H2,1-4H3,(H,27,28)(H,29,32)(H,30,33)(H,31,34)(H,35,36)/t15-,17-,18-,19-,20-/m0/s1.